The van der Waals surface area contributed by atoms with Gasteiger partial charge in [-0.15, -0.1) is 0 Å². The van der Waals surface area contributed by atoms with Crippen molar-refractivity contribution in [3.63, 3.8) is 0 Å². The number of nitrogens with one attached hydrogen (secondary N) is 1. The van der Waals surface area contributed by atoms with Crippen LogP contribution in [-0.2, 0) is 0 Å². The number of rotatable bonds is 1. The molecule has 0 unspecified atom stereocenters. The molecule has 0 rings (SSSR count). The van der Waals surface area contributed by atoms with Crippen LogP contribution in [0.5, 0.6) is 0 Å². The Labute approximate surface area is 37.3 Å². The lowest BCUT2D eigenvalue weighted by Crippen LogP contribution is -2.17. The van der Waals surface area contributed by atoms with Gasteiger partial charge in [-0.25, -0.2) is 4.39 Å². The molecule has 0 bridgehead atoms. The van der Waals surface area contributed by atoms with Gasteiger partial charge in [0.15, 0.2) is 0 Å². The highest BCUT2D eigenvalue weighted by molar-refractivity contribution is 4.63. The van der Waals surface area contributed by atoms with Crippen molar-refractivity contribution in [2.24, 2.45) is 0 Å². The molecule has 0 aromatic heterocycles. The van der Waals surface area contributed by atoms with Gasteiger partial charge < -0.3 is 0 Å². The van der Waals surface area contributed by atoms with E-state index in [1.54, 1.807) is 0 Å². The summed E-state index contributed by atoms with van der Waals surface area (Å²) in [4.78, 5) is 0. The molecule has 0 amide bonds. The predicted octanol–water partition coefficient (Wildman–Crippen LogP) is 1.02. The minimum atomic E-state index is -1.29. The summed E-state index contributed by atoms with van der Waals surface area (Å²) < 4.78 is 11.9. The van der Waals surface area contributed by atoms with Crippen LogP contribution >= 0.6 is 0 Å². The van der Waals surface area contributed by atoms with E-state index in [0.717, 1.165) is 0 Å². The summed E-state index contributed by atoms with van der Waals surface area (Å²) in [6.45, 7) is 2.63. The molecule has 6 heavy (non-hydrogen) atoms. The predicted molar refractivity (Wildman–Crippen MR) is 23.2 cm³/mol. The molecular formula is C4H9FN. The van der Waals surface area contributed by atoms with Gasteiger partial charge in [0.05, 0.1) is 0 Å². The average molecular weight is 90.1 g/mol. The highest BCUT2D eigenvalue weighted by Gasteiger charge is 2.10. The second kappa shape index (κ2) is 1.56. The third kappa shape index (κ3) is 3.89. The van der Waals surface area contributed by atoms with Crippen LogP contribution in [-0.4, -0.2) is 12.2 Å². The van der Waals surface area contributed by atoms with E-state index < -0.39 is 5.67 Å². The lowest BCUT2D eigenvalue weighted by molar-refractivity contribution is 0.225. The van der Waals surface area contributed by atoms with Gasteiger partial charge in [0.25, 0.3) is 0 Å². The fraction of sp³-hybridized carbons (Fsp3) is 1.00. The Morgan fingerprint density at radius 3 is 1.83 bits per heavy atom. The van der Waals surface area contributed by atoms with Crippen molar-refractivity contribution in [3.05, 3.63) is 0 Å². The Hall–Kier alpha value is -0.110. The minimum absolute atomic E-state index is 0.146. The monoisotopic (exact) mass is 90.1 g/mol. The molecule has 0 heterocycles. The lowest BCUT2D eigenvalue weighted by atomic mass is 10.2. The number of halogens is 1. The maximum absolute atomic E-state index is 11.9. The fourth-order valence-corrected chi connectivity index (χ4v) is 0. The highest BCUT2D eigenvalue weighted by atomic mass is 19.1. The van der Waals surface area contributed by atoms with Crippen LogP contribution in [0, 0.1) is 0 Å². The molecule has 0 aliphatic heterocycles. The van der Waals surface area contributed by atoms with E-state index in [4.69, 9.17) is 5.73 Å². The molecule has 1 nitrogen and oxygen atoms in total. The summed E-state index contributed by atoms with van der Waals surface area (Å²) >= 11 is 0. The third-order valence-electron chi connectivity index (χ3n) is 0.420. The van der Waals surface area contributed by atoms with Gasteiger partial charge in [-0.1, -0.05) is 0 Å². The minimum Gasteiger partial charge on any atom is -0.255 e. The Bertz CT molecular complexity index is 37.3. The normalized spacial score (nSPS) is 12.0. The zero-order valence-electron chi connectivity index (χ0n) is 4.09. The van der Waals surface area contributed by atoms with Gasteiger partial charge in [-0.2, -0.15) is 0 Å². The van der Waals surface area contributed by atoms with Gasteiger partial charge in [-0.3, -0.25) is 5.73 Å². The maximum Gasteiger partial charge on any atom is 0.119 e. The topological polar surface area (TPSA) is 23.8 Å². The zero-order valence-corrected chi connectivity index (χ0v) is 4.09. The van der Waals surface area contributed by atoms with Crippen molar-refractivity contribution in [1.29, 1.82) is 0 Å². The molecule has 0 spiro atoms. The average Bonchev–Trinajstić information content (AvgIpc) is 1.35. The Morgan fingerprint density at radius 2 is 1.83 bits per heavy atom. The summed E-state index contributed by atoms with van der Waals surface area (Å²) in [5.41, 5.74) is 5.19. The van der Waals surface area contributed by atoms with E-state index >= 15 is 0 Å². The van der Waals surface area contributed by atoms with E-state index in [1.165, 1.54) is 13.8 Å². The summed E-state index contributed by atoms with van der Waals surface area (Å²) in [6, 6.07) is 0. The first-order valence-corrected chi connectivity index (χ1v) is 1.90. The van der Waals surface area contributed by atoms with Crippen LogP contribution in [0.4, 0.5) is 4.39 Å². The molecule has 0 saturated carbocycles. The third-order valence-corrected chi connectivity index (χ3v) is 0.420. The molecule has 0 aliphatic carbocycles. The first-order chi connectivity index (χ1) is 2.56. The lowest BCUT2D eigenvalue weighted by Gasteiger charge is -2.06. The van der Waals surface area contributed by atoms with Gasteiger partial charge in [0.1, 0.15) is 5.67 Å². The van der Waals surface area contributed by atoms with Crippen LogP contribution in [0.1, 0.15) is 13.8 Å². The Balaban J connectivity index is 3.17. The van der Waals surface area contributed by atoms with Crippen LogP contribution in [0.2, 0.25) is 0 Å². The summed E-state index contributed by atoms with van der Waals surface area (Å²) in [5, 5.41) is 0. The Kier molecular flexibility index (Phi) is 1.53. The second-order valence-corrected chi connectivity index (χ2v) is 1.90. The summed E-state index contributed by atoms with van der Waals surface area (Å²) in [6.07, 6.45) is 0. The molecule has 0 atom stereocenters. The van der Waals surface area contributed by atoms with Gasteiger partial charge in [0.2, 0.25) is 0 Å². The molecule has 37 valence electrons. The molecule has 0 fully saturated rings. The van der Waals surface area contributed by atoms with Crippen molar-refractivity contribution in [2.75, 3.05) is 6.54 Å². The quantitative estimate of drug-likeness (QED) is 0.459. The van der Waals surface area contributed by atoms with Crippen molar-refractivity contribution in [2.45, 2.75) is 19.5 Å². The highest BCUT2D eigenvalue weighted by Crippen LogP contribution is 2.03. The second-order valence-electron chi connectivity index (χ2n) is 1.90. The standard InChI is InChI=1S/C4H9FN/c1-4(2,5)3-6/h6H,3H2,1-2H3. The van der Waals surface area contributed by atoms with Crippen LogP contribution in [0.3, 0.4) is 0 Å². The van der Waals surface area contributed by atoms with Gasteiger partial charge in [0, 0.05) is 6.54 Å². The molecule has 0 aromatic carbocycles. The van der Waals surface area contributed by atoms with Crippen LogP contribution in [0.15, 0.2) is 0 Å². The molecule has 2 heteroatoms. The summed E-state index contributed by atoms with van der Waals surface area (Å²) in [5.74, 6) is 0. The first-order valence-electron chi connectivity index (χ1n) is 1.90. The van der Waals surface area contributed by atoms with E-state index in [-0.39, 0.29) is 6.54 Å². The first kappa shape index (κ1) is 5.89. The molecule has 1 radical (unpaired) electrons. The fourth-order valence-electron chi connectivity index (χ4n) is 0. The molecule has 0 aromatic rings. The largest absolute Gasteiger partial charge is 0.255 e. The molecule has 0 saturated heterocycles. The zero-order chi connectivity index (χ0) is 5.21. The van der Waals surface area contributed by atoms with E-state index in [1.807, 2.05) is 0 Å². The van der Waals surface area contributed by atoms with E-state index in [9.17, 15) is 4.39 Å². The number of hydrogen-bond acceptors (Lipinski definition) is 0. The van der Waals surface area contributed by atoms with E-state index in [0.29, 0.717) is 0 Å². The molecule has 0 aliphatic rings. The van der Waals surface area contributed by atoms with Crippen molar-refractivity contribution >= 4 is 0 Å². The van der Waals surface area contributed by atoms with Gasteiger partial charge >= 0.3 is 0 Å². The van der Waals surface area contributed by atoms with Crippen molar-refractivity contribution in [1.82, 2.24) is 5.73 Å². The van der Waals surface area contributed by atoms with Crippen molar-refractivity contribution in [3.8, 4) is 0 Å². The van der Waals surface area contributed by atoms with Crippen LogP contribution < -0.4 is 5.73 Å². The van der Waals surface area contributed by atoms with E-state index in [2.05, 4.69) is 0 Å². The number of hydrogen-bond donors (Lipinski definition) is 0. The number of alkyl halides is 1. The molecule has 1 N–H and O–H groups in total. The SMILES string of the molecule is CC(C)(F)C[NH]. The van der Waals surface area contributed by atoms with Crippen LogP contribution in [0.25, 0.3) is 0 Å². The smallest absolute Gasteiger partial charge is 0.119 e. The Morgan fingerprint density at radius 1 is 1.67 bits per heavy atom. The summed E-state index contributed by atoms with van der Waals surface area (Å²) in [7, 11) is 0. The maximum atomic E-state index is 11.9. The van der Waals surface area contributed by atoms with Gasteiger partial charge in [-0.05, 0) is 13.8 Å². The molecular weight excluding hydrogens is 81.0 g/mol. The van der Waals surface area contributed by atoms with Crippen molar-refractivity contribution < 1.29 is 4.39 Å².